The Kier molecular flexibility index (Phi) is 5.52. The Balaban J connectivity index is 1.60. The number of nitrogen functional groups attached to an aromatic ring is 1. The maximum absolute atomic E-state index is 14.2. The highest BCUT2D eigenvalue weighted by atomic mass is 19.1. The molecule has 1 aliphatic rings. The summed E-state index contributed by atoms with van der Waals surface area (Å²) in [6, 6.07) is 6.49. The molecule has 4 heterocycles. The molecule has 1 aliphatic heterocycles. The molecule has 9 nitrogen and oxygen atoms in total. The standard InChI is InChI=1S/C24H26FN7O2/c1-30(2)24(33)20-17(13-32(29-20)15-7-9-31(3)10-8-15)14-11-16(22(26)27-12-14)23-28-21-18(25)5-4-6-19(21)34-23/h4-6,11-13,15H,7-10H2,1-3H3,(H2,26,27). The zero-order chi connectivity index (χ0) is 24.0. The van der Waals surface area contributed by atoms with Crippen molar-refractivity contribution < 1.29 is 13.6 Å². The minimum absolute atomic E-state index is 0.126. The van der Waals surface area contributed by atoms with Crippen LogP contribution >= 0.6 is 0 Å². The quantitative estimate of drug-likeness (QED) is 0.494. The molecule has 0 unspecified atom stereocenters. The van der Waals surface area contributed by atoms with E-state index in [2.05, 4.69) is 27.0 Å². The summed E-state index contributed by atoms with van der Waals surface area (Å²) in [5.74, 6) is -0.327. The van der Waals surface area contributed by atoms with E-state index in [1.54, 1.807) is 38.5 Å². The van der Waals surface area contributed by atoms with E-state index >= 15 is 0 Å². The van der Waals surface area contributed by atoms with Crippen LogP contribution in [0.2, 0.25) is 0 Å². The monoisotopic (exact) mass is 463 g/mol. The minimum Gasteiger partial charge on any atom is -0.436 e. The summed E-state index contributed by atoms with van der Waals surface area (Å²) in [7, 11) is 5.49. The average Bonchev–Trinajstić information content (AvgIpc) is 3.45. The lowest BCUT2D eigenvalue weighted by atomic mass is 10.0. The smallest absolute Gasteiger partial charge is 0.274 e. The molecule has 1 amide bonds. The third-order valence-corrected chi connectivity index (χ3v) is 6.23. The summed E-state index contributed by atoms with van der Waals surface area (Å²) in [5, 5.41) is 4.69. The number of fused-ring (bicyclic) bond motifs is 1. The molecular formula is C24H26FN7O2. The van der Waals surface area contributed by atoms with Crippen LogP contribution in [0.25, 0.3) is 33.7 Å². The Morgan fingerprint density at radius 3 is 2.71 bits per heavy atom. The van der Waals surface area contributed by atoms with Gasteiger partial charge in [0.05, 0.1) is 11.6 Å². The number of oxazole rings is 1. The van der Waals surface area contributed by atoms with Crippen molar-refractivity contribution in [2.45, 2.75) is 18.9 Å². The fraction of sp³-hybridized carbons (Fsp3) is 0.333. The topological polar surface area (TPSA) is 106 Å². The molecule has 3 aromatic heterocycles. The zero-order valence-electron chi connectivity index (χ0n) is 19.3. The lowest BCUT2D eigenvalue weighted by Gasteiger charge is -2.29. The molecule has 0 atom stereocenters. The van der Waals surface area contributed by atoms with Gasteiger partial charge >= 0.3 is 0 Å². The van der Waals surface area contributed by atoms with E-state index in [0.717, 1.165) is 25.9 Å². The van der Waals surface area contributed by atoms with Crippen molar-refractivity contribution in [3.8, 4) is 22.6 Å². The number of carbonyl (C=O) groups excluding carboxylic acids is 1. The Labute approximate surface area is 196 Å². The largest absolute Gasteiger partial charge is 0.436 e. The molecule has 1 fully saturated rings. The van der Waals surface area contributed by atoms with E-state index in [1.807, 2.05) is 10.9 Å². The number of pyridine rings is 1. The highest BCUT2D eigenvalue weighted by molar-refractivity contribution is 5.99. The first kappa shape index (κ1) is 22.0. The SMILES string of the molecule is CN1CCC(n2cc(-c3cnc(N)c(-c4nc5c(F)cccc5o4)c3)c(C(=O)N(C)C)n2)CC1. The first-order valence-corrected chi connectivity index (χ1v) is 11.1. The van der Waals surface area contributed by atoms with Gasteiger partial charge in [-0.05, 0) is 51.2 Å². The van der Waals surface area contributed by atoms with Gasteiger partial charge in [0.2, 0.25) is 5.89 Å². The summed E-state index contributed by atoms with van der Waals surface area (Å²) in [6.07, 6.45) is 5.40. The molecule has 4 aromatic rings. The number of hydrogen-bond acceptors (Lipinski definition) is 7. The van der Waals surface area contributed by atoms with E-state index in [1.165, 1.54) is 11.0 Å². The van der Waals surface area contributed by atoms with Crippen molar-refractivity contribution in [3.63, 3.8) is 0 Å². The summed E-state index contributed by atoms with van der Waals surface area (Å²) >= 11 is 0. The summed E-state index contributed by atoms with van der Waals surface area (Å²) in [5.41, 5.74) is 8.63. The van der Waals surface area contributed by atoms with Crippen LogP contribution in [0.1, 0.15) is 29.4 Å². The third kappa shape index (κ3) is 3.90. The fourth-order valence-corrected chi connectivity index (χ4v) is 4.24. The molecule has 176 valence electrons. The van der Waals surface area contributed by atoms with Crippen LogP contribution < -0.4 is 5.73 Å². The van der Waals surface area contributed by atoms with Crippen molar-refractivity contribution in [1.82, 2.24) is 29.5 Å². The summed E-state index contributed by atoms with van der Waals surface area (Å²) in [6.45, 7) is 1.94. The number of amides is 1. The average molecular weight is 464 g/mol. The van der Waals surface area contributed by atoms with Gasteiger partial charge in [0, 0.05) is 37.6 Å². The summed E-state index contributed by atoms with van der Waals surface area (Å²) < 4.78 is 21.8. The number of hydrogen-bond donors (Lipinski definition) is 1. The molecule has 0 radical (unpaired) electrons. The van der Waals surface area contributed by atoms with Gasteiger partial charge in [-0.2, -0.15) is 5.10 Å². The second-order valence-electron chi connectivity index (χ2n) is 8.87. The first-order valence-electron chi connectivity index (χ1n) is 11.1. The first-order chi connectivity index (χ1) is 16.3. The van der Waals surface area contributed by atoms with E-state index in [0.29, 0.717) is 28.0 Å². The van der Waals surface area contributed by atoms with Crippen LogP contribution in [-0.4, -0.2) is 69.7 Å². The number of aromatic nitrogens is 4. The van der Waals surface area contributed by atoms with Gasteiger partial charge in [-0.1, -0.05) is 6.07 Å². The van der Waals surface area contributed by atoms with E-state index in [4.69, 9.17) is 10.2 Å². The molecule has 0 spiro atoms. The Bertz CT molecular complexity index is 1370. The molecule has 10 heteroatoms. The van der Waals surface area contributed by atoms with Crippen LogP contribution in [0.4, 0.5) is 10.2 Å². The number of likely N-dealkylation sites (tertiary alicyclic amines) is 1. The number of piperidine rings is 1. The predicted molar refractivity (Wildman–Crippen MR) is 127 cm³/mol. The molecular weight excluding hydrogens is 437 g/mol. The number of benzene rings is 1. The zero-order valence-corrected chi connectivity index (χ0v) is 19.3. The van der Waals surface area contributed by atoms with E-state index in [9.17, 15) is 9.18 Å². The van der Waals surface area contributed by atoms with Gasteiger partial charge in [-0.25, -0.2) is 14.4 Å². The molecule has 1 saturated heterocycles. The molecule has 34 heavy (non-hydrogen) atoms. The van der Waals surface area contributed by atoms with Crippen molar-refractivity contribution in [3.05, 3.63) is 48.2 Å². The summed E-state index contributed by atoms with van der Waals surface area (Å²) in [4.78, 5) is 25.4. The maximum atomic E-state index is 14.2. The number of rotatable bonds is 4. The van der Waals surface area contributed by atoms with Gasteiger partial charge in [-0.15, -0.1) is 0 Å². The van der Waals surface area contributed by atoms with Gasteiger partial charge < -0.3 is 20.0 Å². The fourth-order valence-electron chi connectivity index (χ4n) is 4.24. The highest BCUT2D eigenvalue weighted by Crippen LogP contribution is 2.34. The number of carbonyl (C=O) groups is 1. The lowest BCUT2D eigenvalue weighted by Crippen LogP contribution is -2.32. The highest BCUT2D eigenvalue weighted by Gasteiger charge is 2.26. The number of para-hydroxylation sites is 1. The molecule has 0 aliphatic carbocycles. The second-order valence-corrected chi connectivity index (χ2v) is 8.87. The van der Waals surface area contributed by atoms with Crippen molar-refractivity contribution in [1.29, 1.82) is 0 Å². The van der Waals surface area contributed by atoms with Gasteiger partial charge in [0.25, 0.3) is 5.91 Å². The Morgan fingerprint density at radius 2 is 2.00 bits per heavy atom. The Morgan fingerprint density at radius 1 is 1.24 bits per heavy atom. The number of nitrogens with zero attached hydrogens (tertiary/aromatic N) is 6. The number of halogens is 1. The number of nitrogens with two attached hydrogens (primary N) is 1. The molecule has 2 N–H and O–H groups in total. The van der Waals surface area contributed by atoms with Crippen molar-refractivity contribution >= 4 is 22.8 Å². The van der Waals surface area contributed by atoms with E-state index in [-0.39, 0.29) is 29.2 Å². The lowest BCUT2D eigenvalue weighted by molar-refractivity contribution is 0.0820. The minimum atomic E-state index is -0.478. The van der Waals surface area contributed by atoms with Crippen LogP contribution in [0.5, 0.6) is 0 Å². The molecule has 5 rings (SSSR count). The van der Waals surface area contributed by atoms with Crippen LogP contribution in [-0.2, 0) is 0 Å². The maximum Gasteiger partial charge on any atom is 0.274 e. The van der Waals surface area contributed by atoms with Crippen LogP contribution in [0.15, 0.2) is 41.1 Å². The van der Waals surface area contributed by atoms with Crippen molar-refractivity contribution in [2.75, 3.05) is 40.0 Å². The Hall–Kier alpha value is -3.79. The van der Waals surface area contributed by atoms with Gasteiger partial charge in [0.15, 0.2) is 17.1 Å². The molecule has 1 aromatic carbocycles. The van der Waals surface area contributed by atoms with Crippen LogP contribution in [0, 0.1) is 5.82 Å². The van der Waals surface area contributed by atoms with Crippen LogP contribution in [0.3, 0.4) is 0 Å². The van der Waals surface area contributed by atoms with Crippen molar-refractivity contribution in [2.24, 2.45) is 0 Å². The van der Waals surface area contributed by atoms with Gasteiger partial charge in [-0.3, -0.25) is 9.48 Å². The predicted octanol–water partition coefficient (Wildman–Crippen LogP) is 3.44. The normalized spacial score (nSPS) is 15.2. The van der Waals surface area contributed by atoms with E-state index < -0.39 is 5.82 Å². The third-order valence-electron chi connectivity index (χ3n) is 6.23. The van der Waals surface area contributed by atoms with Gasteiger partial charge in [0.1, 0.15) is 11.3 Å². The second kappa shape index (κ2) is 8.53. The number of anilines is 1. The molecule has 0 bridgehead atoms. The molecule has 0 saturated carbocycles.